The Morgan fingerprint density at radius 2 is 1.07 bits per heavy atom. The summed E-state index contributed by atoms with van der Waals surface area (Å²) in [7, 11) is 0. The highest BCUT2D eigenvalue weighted by molar-refractivity contribution is 6.05. The van der Waals surface area contributed by atoms with Crippen molar-refractivity contribution in [3.05, 3.63) is 256 Å². The molecule has 490 valence electrons. The predicted molar refractivity (Wildman–Crippen MR) is 418 cm³/mol. The van der Waals surface area contributed by atoms with Crippen molar-refractivity contribution < 1.29 is 4.42 Å². The van der Waals surface area contributed by atoms with Crippen molar-refractivity contribution in [2.75, 3.05) is 0 Å². The van der Waals surface area contributed by atoms with Gasteiger partial charge in [-0.2, -0.15) is 0 Å². The van der Waals surface area contributed by atoms with Gasteiger partial charge in [-0.15, -0.1) is 12.8 Å². The molecule has 10 rings (SSSR count). The molecule has 91 heavy (non-hydrogen) atoms. The second-order valence-electron chi connectivity index (χ2n) is 22.1. The van der Waals surface area contributed by atoms with Gasteiger partial charge < -0.3 is 4.42 Å². The smallest absolute Gasteiger partial charge is 0.134 e. The summed E-state index contributed by atoms with van der Waals surface area (Å²) in [5, 5.41) is 1.16. The van der Waals surface area contributed by atoms with Crippen LogP contribution >= 0.6 is 0 Å². The maximum Gasteiger partial charge on any atom is 0.134 e. The zero-order chi connectivity index (χ0) is 69.5. The number of aliphatic imine (C=N–C) groups is 1. The first-order valence-electron chi connectivity index (χ1n) is 34.2. The molecule has 0 saturated heterocycles. The summed E-state index contributed by atoms with van der Waals surface area (Å²) in [5.74, 6) is 1.00. The van der Waals surface area contributed by atoms with Crippen LogP contribution in [-0.2, 0) is 11.8 Å². The third kappa shape index (κ3) is 27.2. The quantitative estimate of drug-likeness (QED) is 0.0887. The van der Waals surface area contributed by atoms with Crippen LogP contribution in [0.5, 0.6) is 0 Å². The van der Waals surface area contributed by atoms with E-state index in [0.717, 1.165) is 51.3 Å². The number of benzene rings is 7. The van der Waals surface area contributed by atoms with E-state index in [4.69, 9.17) is 9.41 Å². The number of allylic oxidation sites excluding steroid dienone is 7. The van der Waals surface area contributed by atoms with Crippen LogP contribution in [-0.4, -0.2) is 5.71 Å². The lowest BCUT2D eigenvalue weighted by Gasteiger charge is -2.22. The number of nitrogens with zero attached hydrogens (tertiary/aromatic N) is 1. The summed E-state index contributed by atoms with van der Waals surface area (Å²) >= 11 is 0. The number of fused-ring (bicyclic) bond motifs is 6. The van der Waals surface area contributed by atoms with Crippen molar-refractivity contribution in [2.24, 2.45) is 4.99 Å². The zero-order valence-corrected chi connectivity index (χ0v) is 61.9. The van der Waals surface area contributed by atoms with Crippen LogP contribution in [0.3, 0.4) is 0 Å². The molecule has 0 unspecified atom stereocenters. The lowest BCUT2D eigenvalue weighted by molar-refractivity contribution is 0.564. The summed E-state index contributed by atoms with van der Waals surface area (Å²) in [5.41, 5.74) is 25.0. The minimum absolute atomic E-state index is 0.0843. The van der Waals surface area contributed by atoms with Crippen LogP contribution in [0.1, 0.15) is 233 Å². The summed E-state index contributed by atoms with van der Waals surface area (Å²) in [6.45, 7) is 57.0. The SMILES string of the molecule is C#C.C/C=C\C=C(/C)c1cc(-c2ccccc2)ccc1C.C=C(N=C(C)C1=CCc2oc3ccccc3c2C=C1)c1ccc(C)cc1.CC.CC.CC.CCC.CCC.CCC.CCC.CCC.Cc1ccccc1-c1ccc2c(c1C)-c1ccccc1C2(C)C. The molecule has 7 aromatic carbocycles. The molecule has 0 atom stereocenters. The largest absolute Gasteiger partial charge is 0.460 e. The first kappa shape index (κ1) is 85.1. The molecule has 2 aliphatic rings. The molecule has 1 aromatic heterocycles. The molecule has 0 radical (unpaired) electrons. The third-order valence-corrected chi connectivity index (χ3v) is 13.5. The van der Waals surface area contributed by atoms with Crippen LogP contribution in [0.4, 0.5) is 0 Å². The van der Waals surface area contributed by atoms with Gasteiger partial charge in [0.15, 0.2) is 0 Å². The van der Waals surface area contributed by atoms with Gasteiger partial charge in [-0.1, -0.05) is 351 Å². The van der Waals surface area contributed by atoms with Gasteiger partial charge >= 0.3 is 0 Å². The topological polar surface area (TPSA) is 25.5 Å². The number of aryl methyl sites for hydroxylation is 3. The molecule has 0 N–H and O–H groups in total. The van der Waals surface area contributed by atoms with Crippen molar-refractivity contribution in [3.8, 4) is 46.2 Å². The Labute approximate surface area is 559 Å². The van der Waals surface area contributed by atoms with E-state index in [1.54, 1.807) is 0 Å². The molecule has 0 amide bonds. The van der Waals surface area contributed by atoms with E-state index in [1.165, 1.54) is 110 Å². The maximum absolute atomic E-state index is 6.01. The molecular formula is C89H123NO. The Bertz CT molecular complexity index is 3420. The third-order valence-electron chi connectivity index (χ3n) is 13.5. The van der Waals surface area contributed by atoms with Crippen LogP contribution in [0.25, 0.3) is 61.7 Å². The fraction of sp³-hybridized carbons (Fsp3) is 0.360. The van der Waals surface area contributed by atoms with E-state index in [2.05, 4.69) is 313 Å². The average Bonchev–Trinajstić information content (AvgIpc) is 1.60. The Morgan fingerprint density at radius 3 is 1.63 bits per heavy atom. The molecule has 2 heteroatoms. The van der Waals surface area contributed by atoms with Gasteiger partial charge in [-0.3, -0.25) is 4.99 Å². The molecule has 0 bridgehead atoms. The van der Waals surface area contributed by atoms with Crippen molar-refractivity contribution in [1.82, 2.24) is 0 Å². The van der Waals surface area contributed by atoms with Crippen molar-refractivity contribution >= 4 is 34.0 Å². The van der Waals surface area contributed by atoms with Gasteiger partial charge in [0.1, 0.15) is 11.3 Å². The summed E-state index contributed by atoms with van der Waals surface area (Å²) in [6, 6.07) is 55.8. The molecule has 0 aliphatic heterocycles. The Kier molecular flexibility index (Phi) is 46.5. The molecule has 2 aliphatic carbocycles. The standard InChI is InChI=1S/C24H21NO.C23H22.C19H20.5C3H8.3C2H6.C2H2/c1-16-8-10-19(11-9-16)17(2)25-18(3)20-12-14-22-21-6-4-5-7-23(21)26-24(22)15-13-20;1-15-9-5-6-10-17(15)18-13-14-21-22(16(18)2)19-11-7-8-12-20(19)23(21,3)4;1-4-5-9-15(2)19-14-18(13-12-16(19)3)17-10-7-6-8-11-17;5*1-3-2;4*1-2/h4-14H,2,15H2,1,3H3;5-14H,1-4H3;4-14H,1-3H3;5*3H2,1-2H3;3*1-2H3;1-2H/b;;5-4-,15-9+;;;;;;;;;. The summed E-state index contributed by atoms with van der Waals surface area (Å²) < 4.78 is 6.01. The monoisotopic (exact) mass is 1220 g/mol. The number of hydrogen-bond donors (Lipinski definition) is 0. The van der Waals surface area contributed by atoms with E-state index in [9.17, 15) is 0 Å². The van der Waals surface area contributed by atoms with Crippen molar-refractivity contribution in [3.63, 3.8) is 0 Å². The fourth-order valence-corrected chi connectivity index (χ4v) is 9.57. The maximum atomic E-state index is 6.01. The van der Waals surface area contributed by atoms with Gasteiger partial charge in [0, 0.05) is 28.5 Å². The highest BCUT2D eigenvalue weighted by Crippen LogP contribution is 2.51. The molecule has 0 fully saturated rings. The van der Waals surface area contributed by atoms with Crippen molar-refractivity contribution in [1.29, 1.82) is 0 Å². The highest BCUT2D eigenvalue weighted by atomic mass is 16.3. The number of para-hydroxylation sites is 1. The van der Waals surface area contributed by atoms with Crippen LogP contribution < -0.4 is 0 Å². The lowest BCUT2D eigenvalue weighted by atomic mass is 9.81. The van der Waals surface area contributed by atoms with Crippen molar-refractivity contribution in [2.45, 2.75) is 217 Å². The van der Waals surface area contributed by atoms with E-state index >= 15 is 0 Å². The fourth-order valence-electron chi connectivity index (χ4n) is 9.57. The lowest BCUT2D eigenvalue weighted by Crippen LogP contribution is -2.14. The van der Waals surface area contributed by atoms with Gasteiger partial charge in [0.05, 0.1) is 5.70 Å². The second kappa shape index (κ2) is 49.8. The van der Waals surface area contributed by atoms with E-state index in [-0.39, 0.29) is 5.41 Å². The number of terminal acetylenes is 1. The molecule has 8 aromatic rings. The van der Waals surface area contributed by atoms with E-state index in [1.807, 2.05) is 73.6 Å². The summed E-state index contributed by atoms with van der Waals surface area (Å²) in [6.07, 6.45) is 27.7. The normalized spacial score (nSPS) is 11.4. The van der Waals surface area contributed by atoms with Crippen LogP contribution in [0, 0.1) is 40.5 Å². The number of furan rings is 1. The Hall–Kier alpha value is -7.99. The van der Waals surface area contributed by atoms with Gasteiger partial charge in [0.2, 0.25) is 0 Å². The minimum Gasteiger partial charge on any atom is -0.460 e. The van der Waals surface area contributed by atoms with Crippen LogP contribution in [0.2, 0.25) is 0 Å². The second-order valence-corrected chi connectivity index (χ2v) is 22.1. The minimum atomic E-state index is 0.0843. The molecule has 2 nitrogen and oxygen atoms in total. The molecule has 0 spiro atoms. The first-order valence-corrected chi connectivity index (χ1v) is 34.2. The molecular weight excluding hydrogens is 1100 g/mol. The van der Waals surface area contributed by atoms with Gasteiger partial charge in [-0.25, -0.2) is 0 Å². The predicted octanol–water partition coefficient (Wildman–Crippen LogP) is 28.7. The van der Waals surface area contributed by atoms with E-state index < -0.39 is 0 Å². The zero-order valence-electron chi connectivity index (χ0n) is 61.9. The number of hydrogen-bond acceptors (Lipinski definition) is 2. The van der Waals surface area contributed by atoms with Crippen LogP contribution in [0.15, 0.2) is 210 Å². The Morgan fingerprint density at radius 1 is 0.549 bits per heavy atom. The number of rotatable bonds is 7. The molecule has 0 saturated carbocycles. The molecule has 1 heterocycles. The first-order chi connectivity index (χ1) is 43.9. The highest BCUT2D eigenvalue weighted by Gasteiger charge is 2.36. The average molecular weight is 1220 g/mol. The van der Waals surface area contributed by atoms with E-state index in [0.29, 0.717) is 0 Å². The Balaban J connectivity index is 0. The van der Waals surface area contributed by atoms with Gasteiger partial charge in [-0.05, 0) is 144 Å². The van der Waals surface area contributed by atoms with Gasteiger partial charge in [0.25, 0.3) is 0 Å². The summed E-state index contributed by atoms with van der Waals surface area (Å²) in [4.78, 5) is 4.72.